The smallest absolute Gasteiger partial charge is 0.241 e. The normalized spacial score (nSPS) is 16.6. The Kier molecular flexibility index (Phi) is 8.44. The van der Waals surface area contributed by atoms with Gasteiger partial charge >= 0.3 is 0 Å². The first-order valence-corrected chi connectivity index (χ1v) is 14.4. The first kappa shape index (κ1) is 26.3. The Morgan fingerprint density at radius 2 is 1.72 bits per heavy atom. The van der Waals surface area contributed by atoms with Crippen molar-refractivity contribution in [2.75, 3.05) is 6.54 Å². The summed E-state index contributed by atoms with van der Waals surface area (Å²) in [6.07, 6.45) is 3.92. The molecule has 0 bridgehead atoms. The van der Waals surface area contributed by atoms with Crippen LogP contribution in [0.2, 0.25) is 0 Å². The predicted octanol–water partition coefficient (Wildman–Crippen LogP) is 4.77. The molecule has 0 radical (unpaired) electrons. The number of fused-ring (bicyclic) bond motifs is 2. The number of carbonyl (C=O) groups is 1. The van der Waals surface area contributed by atoms with Crippen LogP contribution in [0, 0.1) is 6.92 Å². The number of carbonyl (C=O) groups excluding carboxylic acids is 1. The molecule has 3 aromatic rings. The maximum Gasteiger partial charge on any atom is 0.241 e. The van der Waals surface area contributed by atoms with Crippen LogP contribution in [0.25, 0.3) is 10.8 Å². The number of hydrogen-bond donors (Lipinski definition) is 3. The lowest BCUT2D eigenvalue weighted by molar-refractivity contribution is -0.123. The van der Waals surface area contributed by atoms with E-state index in [1.807, 2.05) is 49.4 Å². The predicted molar refractivity (Wildman–Crippen MR) is 145 cm³/mol. The summed E-state index contributed by atoms with van der Waals surface area (Å²) in [5.41, 5.74) is 3.39. The van der Waals surface area contributed by atoms with E-state index in [9.17, 15) is 13.2 Å². The van der Waals surface area contributed by atoms with Crippen LogP contribution in [0.4, 0.5) is 0 Å². The Hall–Kier alpha value is -2.74. The molecule has 0 aliphatic heterocycles. The Morgan fingerprint density at radius 3 is 2.50 bits per heavy atom. The second-order valence-corrected chi connectivity index (χ2v) is 11.7. The molecule has 3 N–H and O–H groups in total. The minimum Gasteiger partial charge on any atom is -0.348 e. The van der Waals surface area contributed by atoms with E-state index in [0.717, 1.165) is 35.8 Å². The monoisotopic (exact) mass is 507 g/mol. The van der Waals surface area contributed by atoms with Crippen molar-refractivity contribution in [3.63, 3.8) is 0 Å². The van der Waals surface area contributed by atoms with Gasteiger partial charge in [0.2, 0.25) is 15.9 Å². The molecule has 7 heteroatoms. The Bertz CT molecular complexity index is 1320. The fourth-order valence-electron chi connectivity index (χ4n) is 5.02. The number of amides is 1. The van der Waals surface area contributed by atoms with Gasteiger partial charge in [-0.2, -0.15) is 4.72 Å². The molecule has 0 heterocycles. The van der Waals surface area contributed by atoms with Crippen LogP contribution in [0.15, 0.2) is 65.6 Å². The second kappa shape index (κ2) is 11.5. The second-order valence-electron chi connectivity index (χ2n) is 10.0. The molecular formula is C29H37N3O3S. The van der Waals surface area contributed by atoms with E-state index >= 15 is 0 Å². The molecule has 0 aromatic heterocycles. The molecule has 0 saturated carbocycles. The van der Waals surface area contributed by atoms with Crippen LogP contribution >= 0.6 is 0 Å². The molecule has 0 spiro atoms. The van der Waals surface area contributed by atoms with Crippen molar-refractivity contribution in [2.24, 2.45) is 0 Å². The van der Waals surface area contributed by atoms with Crippen LogP contribution in [-0.2, 0) is 21.2 Å². The van der Waals surface area contributed by atoms with Gasteiger partial charge in [0.05, 0.1) is 10.9 Å². The molecule has 1 aliphatic rings. The third-order valence-electron chi connectivity index (χ3n) is 6.91. The molecule has 6 nitrogen and oxygen atoms in total. The zero-order chi connectivity index (χ0) is 25.7. The Balaban J connectivity index is 1.58. The van der Waals surface area contributed by atoms with Crippen molar-refractivity contribution in [2.45, 2.75) is 75.9 Å². The molecule has 2 atom stereocenters. The van der Waals surface area contributed by atoms with Gasteiger partial charge in [-0.15, -0.1) is 0 Å². The highest BCUT2D eigenvalue weighted by Crippen LogP contribution is 2.30. The summed E-state index contributed by atoms with van der Waals surface area (Å²) < 4.78 is 29.9. The van der Waals surface area contributed by atoms with E-state index in [-0.39, 0.29) is 16.8 Å². The number of aryl methyl sites for hydroxylation is 2. The van der Waals surface area contributed by atoms with Gasteiger partial charge in [-0.05, 0) is 73.7 Å². The molecule has 0 fully saturated rings. The number of benzene rings is 3. The topological polar surface area (TPSA) is 87.3 Å². The highest BCUT2D eigenvalue weighted by molar-refractivity contribution is 7.89. The molecule has 1 aliphatic carbocycles. The van der Waals surface area contributed by atoms with E-state index in [0.29, 0.717) is 30.8 Å². The van der Waals surface area contributed by atoms with E-state index in [4.69, 9.17) is 0 Å². The number of rotatable bonds is 10. The molecule has 0 saturated heterocycles. The average molecular weight is 508 g/mol. The minimum absolute atomic E-state index is 0.108. The zero-order valence-corrected chi connectivity index (χ0v) is 22.2. The quantitative estimate of drug-likeness (QED) is 0.345. The maximum absolute atomic E-state index is 13.6. The summed E-state index contributed by atoms with van der Waals surface area (Å²) >= 11 is 0. The van der Waals surface area contributed by atoms with Crippen molar-refractivity contribution in [1.29, 1.82) is 0 Å². The van der Waals surface area contributed by atoms with Gasteiger partial charge in [0, 0.05) is 11.4 Å². The van der Waals surface area contributed by atoms with E-state index in [1.54, 1.807) is 6.07 Å². The molecule has 192 valence electrons. The van der Waals surface area contributed by atoms with Gasteiger partial charge in [-0.25, -0.2) is 8.42 Å². The zero-order valence-electron chi connectivity index (χ0n) is 21.4. The third kappa shape index (κ3) is 6.14. The average Bonchev–Trinajstić information content (AvgIpc) is 2.86. The maximum atomic E-state index is 13.6. The number of hydrogen-bond acceptors (Lipinski definition) is 4. The molecule has 1 amide bonds. The highest BCUT2D eigenvalue weighted by Gasteiger charge is 2.30. The van der Waals surface area contributed by atoms with Crippen LogP contribution in [0.5, 0.6) is 0 Å². The molecule has 1 unspecified atom stereocenters. The fraction of sp³-hybridized carbons (Fsp3) is 0.414. The largest absolute Gasteiger partial charge is 0.348 e. The van der Waals surface area contributed by atoms with Gasteiger partial charge < -0.3 is 10.6 Å². The molecule has 3 aromatic carbocycles. The molecule has 4 rings (SSSR count). The summed E-state index contributed by atoms with van der Waals surface area (Å²) in [5, 5.41) is 8.06. The summed E-state index contributed by atoms with van der Waals surface area (Å²) in [4.78, 5) is 13.7. The van der Waals surface area contributed by atoms with Crippen LogP contribution in [0.3, 0.4) is 0 Å². The first-order valence-electron chi connectivity index (χ1n) is 12.9. The summed E-state index contributed by atoms with van der Waals surface area (Å²) in [6, 6.07) is 18.5. The minimum atomic E-state index is -3.93. The van der Waals surface area contributed by atoms with E-state index in [2.05, 4.69) is 41.3 Å². The lowest BCUT2D eigenvalue weighted by Crippen LogP contribution is -2.48. The standard InChI is InChI=1S/C29H37N3O3S/c1-20(2)30-19-9-16-27(29(33)31-26-15-8-11-22-10-4-5-13-24(22)26)32-36(34,35)28-18-17-21(3)23-12-6-7-14-25(23)28/h4-7,10,12-14,17-18,20,26-27,30,32H,8-9,11,15-16,19H2,1-3H3,(H,31,33)/t26?,27-/m0/s1. The lowest BCUT2D eigenvalue weighted by Gasteiger charge is -2.28. The van der Waals surface area contributed by atoms with Crippen molar-refractivity contribution >= 4 is 26.7 Å². The van der Waals surface area contributed by atoms with Gasteiger partial charge in [0.15, 0.2) is 0 Å². The SMILES string of the molecule is Cc1ccc(S(=O)(=O)N[C@@H](CCCNC(C)C)C(=O)NC2CCCc3ccccc32)c2ccccc12. The van der Waals surface area contributed by atoms with Crippen molar-refractivity contribution in [1.82, 2.24) is 15.4 Å². The van der Waals surface area contributed by atoms with E-state index < -0.39 is 16.1 Å². The van der Waals surface area contributed by atoms with Crippen molar-refractivity contribution in [3.8, 4) is 0 Å². The molecule has 36 heavy (non-hydrogen) atoms. The van der Waals surface area contributed by atoms with Crippen LogP contribution < -0.4 is 15.4 Å². The van der Waals surface area contributed by atoms with Crippen LogP contribution in [-0.4, -0.2) is 33.0 Å². The molecular weight excluding hydrogens is 470 g/mol. The van der Waals surface area contributed by atoms with Gasteiger partial charge in [0.1, 0.15) is 6.04 Å². The summed E-state index contributed by atoms with van der Waals surface area (Å²) in [5.74, 6) is -0.277. The van der Waals surface area contributed by atoms with Crippen molar-refractivity contribution in [3.05, 3.63) is 77.4 Å². The number of nitrogens with one attached hydrogen (secondary N) is 3. The summed E-state index contributed by atoms with van der Waals surface area (Å²) in [6.45, 7) is 6.81. The lowest BCUT2D eigenvalue weighted by atomic mass is 9.87. The Labute approximate surface area is 214 Å². The van der Waals surface area contributed by atoms with E-state index in [1.165, 1.54) is 5.56 Å². The fourth-order valence-corrected chi connectivity index (χ4v) is 6.46. The Morgan fingerprint density at radius 1 is 1.00 bits per heavy atom. The van der Waals surface area contributed by atoms with Crippen molar-refractivity contribution < 1.29 is 13.2 Å². The third-order valence-corrected chi connectivity index (χ3v) is 8.44. The number of sulfonamides is 1. The summed E-state index contributed by atoms with van der Waals surface area (Å²) in [7, 11) is -3.93. The van der Waals surface area contributed by atoms with Gasteiger partial charge in [0.25, 0.3) is 0 Å². The van der Waals surface area contributed by atoms with Gasteiger partial charge in [-0.3, -0.25) is 4.79 Å². The van der Waals surface area contributed by atoms with Gasteiger partial charge in [-0.1, -0.05) is 68.4 Å². The highest BCUT2D eigenvalue weighted by atomic mass is 32.2. The van der Waals surface area contributed by atoms with Crippen LogP contribution in [0.1, 0.15) is 62.3 Å². The first-order chi connectivity index (χ1) is 17.3.